The van der Waals surface area contributed by atoms with E-state index in [0.717, 1.165) is 61.2 Å². The number of fused-ring (bicyclic) bond motifs is 1. The molecule has 0 spiro atoms. The van der Waals surface area contributed by atoms with Crippen molar-refractivity contribution in [3.05, 3.63) is 53.6 Å². The number of rotatable bonds is 6. The number of benzene rings is 2. The molecule has 0 radical (unpaired) electrons. The first kappa shape index (κ1) is 18.5. The fraction of sp³-hybridized carbons (Fsp3) is 0.318. The first-order valence-corrected chi connectivity index (χ1v) is 9.48. The van der Waals surface area contributed by atoms with E-state index in [1.54, 1.807) is 7.11 Å². The number of amides is 1. The Kier molecular flexibility index (Phi) is 5.60. The molecule has 2 aromatic carbocycles. The van der Waals surface area contributed by atoms with Crippen molar-refractivity contribution in [2.45, 2.75) is 0 Å². The molecule has 0 unspecified atom stereocenters. The maximum atomic E-state index is 12.5. The number of nitrogens with one attached hydrogen (secondary N) is 1. The molecule has 1 N–H and O–H groups in total. The van der Waals surface area contributed by atoms with Crippen LogP contribution in [0.15, 0.2) is 42.5 Å². The average molecular weight is 380 g/mol. The van der Waals surface area contributed by atoms with Gasteiger partial charge in [0.2, 0.25) is 0 Å². The van der Waals surface area contributed by atoms with Crippen molar-refractivity contribution in [1.29, 1.82) is 0 Å². The lowest BCUT2D eigenvalue weighted by molar-refractivity contribution is -0.110. The molecule has 4 rings (SSSR count). The normalized spacial score (nSPS) is 18.0. The van der Waals surface area contributed by atoms with Crippen LogP contribution in [0.4, 0.5) is 5.69 Å². The molecule has 6 nitrogen and oxygen atoms in total. The molecule has 1 saturated heterocycles. The zero-order chi connectivity index (χ0) is 19.3. The lowest BCUT2D eigenvalue weighted by Gasteiger charge is -2.26. The second-order valence-electron chi connectivity index (χ2n) is 6.76. The van der Waals surface area contributed by atoms with E-state index in [-0.39, 0.29) is 5.91 Å². The van der Waals surface area contributed by atoms with Crippen LogP contribution in [0.5, 0.6) is 11.5 Å². The number of carbonyl (C=O) groups excluding carboxylic acids is 1. The number of ether oxygens (including phenoxy) is 3. The summed E-state index contributed by atoms with van der Waals surface area (Å²) in [5.74, 6) is 1.35. The smallest absolute Gasteiger partial charge is 0.256 e. The lowest BCUT2D eigenvalue weighted by Crippen LogP contribution is -2.38. The fourth-order valence-electron chi connectivity index (χ4n) is 3.44. The van der Waals surface area contributed by atoms with Crippen molar-refractivity contribution in [1.82, 2.24) is 4.90 Å². The number of para-hydroxylation sites is 1. The first-order valence-electron chi connectivity index (χ1n) is 9.48. The van der Waals surface area contributed by atoms with Gasteiger partial charge in [0, 0.05) is 42.0 Å². The predicted octanol–water partition coefficient (Wildman–Crippen LogP) is 2.90. The number of anilines is 1. The third-order valence-electron chi connectivity index (χ3n) is 5.00. The Labute approximate surface area is 164 Å². The van der Waals surface area contributed by atoms with E-state index >= 15 is 0 Å². The Bertz CT molecular complexity index is 888. The molecular weight excluding hydrogens is 356 g/mol. The van der Waals surface area contributed by atoms with E-state index in [4.69, 9.17) is 14.2 Å². The van der Waals surface area contributed by atoms with E-state index < -0.39 is 0 Å². The summed E-state index contributed by atoms with van der Waals surface area (Å²) in [7, 11) is 1.63. The molecule has 6 heteroatoms. The van der Waals surface area contributed by atoms with E-state index in [2.05, 4.69) is 10.2 Å². The van der Waals surface area contributed by atoms with Gasteiger partial charge in [-0.1, -0.05) is 18.2 Å². The molecule has 1 fully saturated rings. The van der Waals surface area contributed by atoms with Crippen LogP contribution < -0.4 is 14.8 Å². The van der Waals surface area contributed by atoms with Gasteiger partial charge in [-0.2, -0.15) is 0 Å². The molecule has 0 saturated carbocycles. The van der Waals surface area contributed by atoms with Crippen molar-refractivity contribution < 1.29 is 19.0 Å². The quantitative estimate of drug-likeness (QED) is 0.781. The third kappa shape index (κ3) is 4.03. The summed E-state index contributed by atoms with van der Waals surface area (Å²) in [5.41, 5.74) is 3.18. The predicted molar refractivity (Wildman–Crippen MR) is 109 cm³/mol. The summed E-state index contributed by atoms with van der Waals surface area (Å²) in [6.07, 6.45) is 1.87. The van der Waals surface area contributed by atoms with Gasteiger partial charge in [0.15, 0.2) is 0 Å². The zero-order valence-corrected chi connectivity index (χ0v) is 15.9. The van der Waals surface area contributed by atoms with Gasteiger partial charge in [-0.15, -0.1) is 0 Å². The molecule has 0 aromatic heterocycles. The standard InChI is InChI=1S/C22H24N2O4/c1-26-17-6-7-21(28-13-10-24-8-11-27-12-9-24)16(14-17)15-19-18-4-2-3-5-20(18)23-22(19)25/h2-7,14-15H,8-13H2,1H3,(H,23,25)/b19-15+. The highest BCUT2D eigenvalue weighted by Crippen LogP contribution is 2.35. The highest BCUT2D eigenvalue weighted by molar-refractivity contribution is 6.35. The number of hydrogen-bond acceptors (Lipinski definition) is 5. The number of morpholine rings is 1. The lowest BCUT2D eigenvalue weighted by atomic mass is 10.0. The van der Waals surface area contributed by atoms with E-state index in [0.29, 0.717) is 12.2 Å². The van der Waals surface area contributed by atoms with Crippen LogP contribution in [0.25, 0.3) is 11.6 Å². The van der Waals surface area contributed by atoms with Crippen molar-refractivity contribution in [3.63, 3.8) is 0 Å². The molecule has 28 heavy (non-hydrogen) atoms. The van der Waals surface area contributed by atoms with Crippen molar-refractivity contribution in [2.75, 3.05) is 51.9 Å². The summed E-state index contributed by atoms with van der Waals surface area (Å²) in [5, 5.41) is 2.90. The topological polar surface area (TPSA) is 60.0 Å². The third-order valence-corrected chi connectivity index (χ3v) is 5.00. The molecule has 2 aliphatic rings. The summed E-state index contributed by atoms with van der Waals surface area (Å²) in [6.45, 7) is 4.82. The largest absolute Gasteiger partial charge is 0.497 e. The minimum absolute atomic E-state index is 0.108. The highest BCUT2D eigenvalue weighted by Gasteiger charge is 2.24. The first-order chi connectivity index (χ1) is 13.7. The second-order valence-corrected chi connectivity index (χ2v) is 6.76. The number of nitrogens with zero attached hydrogens (tertiary/aromatic N) is 1. The monoisotopic (exact) mass is 380 g/mol. The Morgan fingerprint density at radius 1 is 1.18 bits per heavy atom. The Morgan fingerprint density at radius 2 is 2.00 bits per heavy atom. The molecule has 2 aromatic rings. The zero-order valence-electron chi connectivity index (χ0n) is 15.9. The van der Waals surface area contributed by atoms with Gasteiger partial charge in [-0.25, -0.2) is 0 Å². The summed E-state index contributed by atoms with van der Waals surface area (Å²) in [6, 6.07) is 13.3. The maximum absolute atomic E-state index is 12.5. The Morgan fingerprint density at radius 3 is 2.82 bits per heavy atom. The molecule has 2 heterocycles. The van der Waals surface area contributed by atoms with Gasteiger partial charge in [-0.3, -0.25) is 9.69 Å². The van der Waals surface area contributed by atoms with Gasteiger partial charge >= 0.3 is 0 Å². The van der Waals surface area contributed by atoms with E-state index in [1.807, 2.05) is 48.5 Å². The molecule has 1 amide bonds. The van der Waals surface area contributed by atoms with E-state index in [9.17, 15) is 4.79 Å². The summed E-state index contributed by atoms with van der Waals surface area (Å²) < 4.78 is 16.8. The fourth-order valence-corrected chi connectivity index (χ4v) is 3.44. The van der Waals surface area contributed by atoms with Gasteiger partial charge in [-0.05, 0) is 30.3 Å². The molecule has 0 atom stereocenters. The van der Waals surface area contributed by atoms with Crippen molar-refractivity contribution in [2.24, 2.45) is 0 Å². The molecular formula is C22H24N2O4. The Balaban J connectivity index is 1.56. The van der Waals surface area contributed by atoms with Crippen LogP contribution in [0.3, 0.4) is 0 Å². The molecule has 0 aliphatic carbocycles. The maximum Gasteiger partial charge on any atom is 0.256 e. The minimum Gasteiger partial charge on any atom is -0.497 e. The highest BCUT2D eigenvalue weighted by atomic mass is 16.5. The molecule has 0 bridgehead atoms. The van der Waals surface area contributed by atoms with E-state index in [1.165, 1.54) is 0 Å². The SMILES string of the molecule is COc1ccc(OCCN2CCOCC2)c(/C=C2/C(=O)Nc3ccccc32)c1. The summed E-state index contributed by atoms with van der Waals surface area (Å²) >= 11 is 0. The average Bonchev–Trinajstić information content (AvgIpc) is 3.05. The van der Waals surface area contributed by atoms with Gasteiger partial charge in [0.05, 0.1) is 20.3 Å². The Hall–Kier alpha value is -2.83. The van der Waals surface area contributed by atoms with Crippen LogP contribution in [0, 0.1) is 0 Å². The summed E-state index contributed by atoms with van der Waals surface area (Å²) in [4.78, 5) is 14.8. The van der Waals surface area contributed by atoms with Crippen molar-refractivity contribution >= 4 is 23.2 Å². The number of hydrogen-bond donors (Lipinski definition) is 1. The van der Waals surface area contributed by atoms with Crippen LogP contribution >= 0.6 is 0 Å². The minimum atomic E-state index is -0.108. The van der Waals surface area contributed by atoms with Crippen LogP contribution in [0.1, 0.15) is 11.1 Å². The van der Waals surface area contributed by atoms with Gasteiger partial charge < -0.3 is 19.5 Å². The second kappa shape index (κ2) is 8.46. The number of methoxy groups -OCH3 is 1. The van der Waals surface area contributed by atoms with Crippen LogP contribution in [-0.4, -0.2) is 57.4 Å². The molecule has 2 aliphatic heterocycles. The van der Waals surface area contributed by atoms with Crippen molar-refractivity contribution in [3.8, 4) is 11.5 Å². The molecule has 146 valence electrons. The van der Waals surface area contributed by atoms with Crippen LogP contribution in [0.2, 0.25) is 0 Å². The number of carbonyl (C=O) groups is 1. The van der Waals surface area contributed by atoms with Gasteiger partial charge in [0.1, 0.15) is 18.1 Å². The van der Waals surface area contributed by atoms with Crippen LogP contribution in [-0.2, 0) is 9.53 Å². The van der Waals surface area contributed by atoms with Gasteiger partial charge in [0.25, 0.3) is 5.91 Å².